The SMILES string of the molecule is CC1(C)CC(NCC(=O)NC2CCCCC2)CC(C)(C)C1. The predicted molar refractivity (Wildman–Crippen MR) is 88.2 cm³/mol. The first-order valence-corrected chi connectivity index (χ1v) is 8.79. The van der Waals surface area contributed by atoms with Gasteiger partial charge in [-0.1, -0.05) is 47.0 Å². The zero-order valence-corrected chi connectivity index (χ0v) is 14.4. The minimum atomic E-state index is 0.183. The third kappa shape index (κ3) is 5.61. The van der Waals surface area contributed by atoms with E-state index in [0.29, 0.717) is 29.5 Å². The van der Waals surface area contributed by atoms with Crippen molar-refractivity contribution in [3.63, 3.8) is 0 Å². The van der Waals surface area contributed by atoms with E-state index in [9.17, 15) is 4.79 Å². The summed E-state index contributed by atoms with van der Waals surface area (Å²) in [6.07, 6.45) is 9.81. The minimum Gasteiger partial charge on any atom is -0.352 e. The molecule has 2 aliphatic carbocycles. The smallest absolute Gasteiger partial charge is 0.234 e. The van der Waals surface area contributed by atoms with Gasteiger partial charge in [-0.2, -0.15) is 0 Å². The Balaban J connectivity index is 1.75. The van der Waals surface area contributed by atoms with E-state index in [-0.39, 0.29) is 5.91 Å². The lowest BCUT2D eigenvalue weighted by Crippen LogP contribution is -2.48. The predicted octanol–water partition coefficient (Wildman–Crippen LogP) is 3.63. The van der Waals surface area contributed by atoms with Crippen LogP contribution in [0.1, 0.15) is 79.1 Å². The Bertz CT molecular complexity index is 340. The first-order valence-electron chi connectivity index (χ1n) is 8.79. The lowest BCUT2D eigenvalue weighted by Gasteiger charge is -2.45. The van der Waals surface area contributed by atoms with E-state index >= 15 is 0 Å². The van der Waals surface area contributed by atoms with Crippen LogP contribution in [0.2, 0.25) is 0 Å². The number of rotatable bonds is 4. The summed E-state index contributed by atoms with van der Waals surface area (Å²) in [5.41, 5.74) is 0.749. The molecule has 0 aromatic heterocycles. The molecule has 2 saturated carbocycles. The topological polar surface area (TPSA) is 41.1 Å². The third-order valence-corrected chi connectivity index (χ3v) is 5.08. The Labute approximate surface area is 130 Å². The zero-order valence-electron chi connectivity index (χ0n) is 14.4. The second kappa shape index (κ2) is 6.68. The monoisotopic (exact) mass is 294 g/mol. The van der Waals surface area contributed by atoms with Gasteiger partial charge in [0.05, 0.1) is 6.54 Å². The van der Waals surface area contributed by atoms with Gasteiger partial charge in [0.2, 0.25) is 5.91 Å². The maximum Gasteiger partial charge on any atom is 0.234 e. The minimum absolute atomic E-state index is 0.183. The highest BCUT2D eigenvalue weighted by Gasteiger charge is 2.38. The average Bonchev–Trinajstić information content (AvgIpc) is 2.34. The lowest BCUT2D eigenvalue weighted by atomic mass is 9.63. The van der Waals surface area contributed by atoms with E-state index in [1.807, 2.05) is 0 Å². The van der Waals surface area contributed by atoms with Crippen LogP contribution in [-0.2, 0) is 4.79 Å². The highest BCUT2D eigenvalue weighted by atomic mass is 16.1. The van der Waals surface area contributed by atoms with E-state index < -0.39 is 0 Å². The Hall–Kier alpha value is -0.570. The van der Waals surface area contributed by atoms with E-state index in [0.717, 1.165) is 12.8 Å². The fourth-order valence-electron chi connectivity index (χ4n) is 4.75. The van der Waals surface area contributed by atoms with E-state index in [1.165, 1.54) is 38.5 Å². The van der Waals surface area contributed by atoms with Crippen molar-refractivity contribution in [2.75, 3.05) is 6.54 Å². The number of hydrogen-bond acceptors (Lipinski definition) is 2. The number of carbonyl (C=O) groups is 1. The van der Waals surface area contributed by atoms with Crippen LogP contribution in [-0.4, -0.2) is 24.5 Å². The summed E-state index contributed by atoms with van der Waals surface area (Å²) in [6.45, 7) is 9.89. The molecular weight excluding hydrogens is 260 g/mol. The molecule has 0 aromatic rings. The Morgan fingerprint density at radius 3 is 2.10 bits per heavy atom. The van der Waals surface area contributed by atoms with Gasteiger partial charge in [-0.05, 0) is 42.9 Å². The highest BCUT2D eigenvalue weighted by Crippen LogP contribution is 2.45. The Morgan fingerprint density at radius 1 is 0.952 bits per heavy atom. The van der Waals surface area contributed by atoms with Gasteiger partial charge in [-0.3, -0.25) is 4.79 Å². The number of carbonyl (C=O) groups excluding carboxylic acids is 1. The second-order valence-corrected chi connectivity index (χ2v) is 8.89. The first kappa shape index (κ1) is 16.8. The van der Waals surface area contributed by atoms with Crippen molar-refractivity contribution in [1.29, 1.82) is 0 Å². The molecule has 2 fully saturated rings. The molecule has 0 radical (unpaired) electrons. The number of nitrogens with one attached hydrogen (secondary N) is 2. The van der Waals surface area contributed by atoms with Crippen molar-refractivity contribution < 1.29 is 4.79 Å². The van der Waals surface area contributed by atoms with Gasteiger partial charge in [0.25, 0.3) is 0 Å². The largest absolute Gasteiger partial charge is 0.352 e. The lowest BCUT2D eigenvalue weighted by molar-refractivity contribution is -0.121. The van der Waals surface area contributed by atoms with Crippen LogP contribution >= 0.6 is 0 Å². The summed E-state index contributed by atoms with van der Waals surface area (Å²) < 4.78 is 0. The number of hydrogen-bond donors (Lipinski definition) is 2. The molecule has 3 nitrogen and oxygen atoms in total. The van der Waals surface area contributed by atoms with Crippen LogP contribution in [0.4, 0.5) is 0 Å². The van der Waals surface area contributed by atoms with Crippen LogP contribution in [0, 0.1) is 10.8 Å². The summed E-state index contributed by atoms with van der Waals surface area (Å²) in [5.74, 6) is 0.183. The van der Waals surface area contributed by atoms with Crippen LogP contribution < -0.4 is 10.6 Å². The van der Waals surface area contributed by atoms with Gasteiger partial charge >= 0.3 is 0 Å². The Kier molecular flexibility index (Phi) is 5.34. The molecule has 0 saturated heterocycles. The van der Waals surface area contributed by atoms with Gasteiger partial charge in [0, 0.05) is 12.1 Å². The summed E-state index contributed by atoms with van der Waals surface area (Å²) >= 11 is 0. The van der Waals surface area contributed by atoms with Gasteiger partial charge in [0.15, 0.2) is 0 Å². The van der Waals surface area contributed by atoms with Crippen LogP contribution in [0.5, 0.6) is 0 Å². The van der Waals surface area contributed by atoms with Crippen molar-refractivity contribution in [3.8, 4) is 0 Å². The summed E-state index contributed by atoms with van der Waals surface area (Å²) in [7, 11) is 0. The molecule has 0 aliphatic heterocycles. The normalized spacial score (nSPS) is 26.5. The maximum atomic E-state index is 12.1. The van der Waals surface area contributed by atoms with Crippen molar-refractivity contribution >= 4 is 5.91 Å². The average molecular weight is 294 g/mol. The zero-order chi connectivity index (χ0) is 15.5. The first-order chi connectivity index (χ1) is 9.76. The van der Waals surface area contributed by atoms with Gasteiger partial charge in [-0.25, -0.2) is 0 Å². The molecule has 0 heterocycles. The molecular formula is C18H34N2O. The van der Waals surface area contributed by atoms with Gasteiger partial charge in [-0.15, -0.1) is 0 Å². The molecule has 1 amide bonds. The summed E-state index contributed by atoms with van der Waals surface area (Å²) in [4.78, 5) is 12.1. The second-order valence-electron chi connectivity index (χ2n) is 8.89. The molecule has 0 bridgehead atoms. The molecule has 2 aliphatic rings. The van der Waals surface area contributed by atoms with Crippen molar-refractivity contribution in [2.24, 2.45) is 10.8 Å². The third-order valence-electron chi connectivity index (χ3n) is 5.08. The fourth-order valence-corrected chi connectivity index (χ4v) is 4.75. The number of amides is 1. The molecule has 0 aromatic carbocycles. The van der Waals surface area contributed by atoms with Crippen molar-refractivity contribution in [3.05, 3.63) is 0 Å². The molecule has 0 spiro atoms. The molecule has 2 N–H and O–H groups in total. The highest BCUT2D eigenvalue weighted by molar-refractivity contribution is 5.78. The molecule has 0 atom stereocenters. The van der Waals surface area contributed by atoms with Crippen molar-refractivity contribution in [2.45, 2.75) is 91.1 Å². The van der Waals surface area contributed by atoms with Crippen molar-refractivity contribution in [1.82, 2.24) is 10.6 Å². The molecule has 0 unspecified atom stereocenters. The van der Waals surface area contributed by atoms with Crippen LogP contribution in [0.25, 0.3) is 0 Å². The molecule has 2 rings (SSSR count). The van der Waals surface area contributed by atoms with Gasteiger partial charge in [0.1, 0.15) is 0 Å². The van der Waals surface area contributed by atoms with Gasteiger partial charge < -0.3 is 10.6 Å². The quantitative estimate of drug-likeness (QED) is 0.831. The Morgan fingerprint density at radius 2 is 1.52 bits per heavy atom. The summed E-state index contributed by atoms with van der Waals surface area (Å²) in [6, 6.07) is 0.896. The standard InChI is InChI=1S/C18H34N2O/c1-17(2)10-15(11-18(3,4)13-17)19-12-16(21)20-14-8-6-5-7-9-14/h14-15,19H,5-13H2,1-4H3,(H,20,21). The van der Waals surface area contributed by atoms with E-state index in [2.05, 4.69) is 38.3 Å². The maximum absolute atomic E-state index is 12.1. The van der Waals surface area contributed by atoms with E-state index in [4.69, 9.17) is 0 Å². The summed E-state index contributed by atoms with van der Waals surface area (Å²) in [5, 5.41) is 6.71. The molecule has 3 heteroatoms. The molecule has 21 heavy (non-hydrogen) atoms. The van der Waals surface area contributed by atoms with Crippen LogP contribution in [0.15, 0.2) is 0 Å². The molecule has 122 valence electrons. The van der Waals surface area contributed by atoms with E-state index in [1.54, 1.807) is 0 Å². The van der Waals surface area contributed by atoms with Crippen LogP contribution in [0.3, 0.4) is 0 Å². The fraction of sp³-hybridized carbons (Fsp3) is 0.944.